The van der Waals surface area contributed by atoms with Gasteiger partial charge in [-0.2, -0.15) is 9.57 Å². The fourth-order valence-corrected chi connectivity index (χ4v) is 5.50. The Balaban J connectivity index is 1.62. The molecule has 0 saturated carbocycles. The summed E-state index contributed by atoms with van der Waals surface area (Å²) in [6, 6.07) is 12.1. The molecule has 4 rings (SSSR count). The molecule has 7 nitrogen and oxygen atoms in total. The highest BCUT2D eigenvalue weighted by Gasteiger charge is 2.36. The molecular weight excluding hydrogens is 386 g/mol. The van der Waals surface area contributed by atoms with E-state index in [0.717, 1.165) is 23.1 Å². The number of fused-ring (bicyclic) bond motifs is 1. The van der Waals surface area contributed by atoms with Crippen molar-refractivity contribution in [2.24, 2.45) is 5.92 Å². The number of piperidine rings is 1. The van der Waals surface area contributed by atoms with Crippen LogP contribution >= 0.6 is 0 Å². The fourth-order valence-electron chi connectivity index (χ4n) is 4.03. The number of aromatic nitrogens is 2. The van der Waals surface area contributed by atoms with E-state index in [1.807, 2.05) is 31.4 Å². The lowest BCUT2D eigenvalue weighted by atomic mass is 9.93. The summed E-state index contributed by atoms with van der Waals surface area (Å²) in [7, 11) is -1.60. The molecule has 1 saturated heterocycles. The van der Waals surface area contributed by atoms with E-state index in [1.165, 1.54) is 12.1 Å². The van der Waals surface area contributed by atoms with Crippen molar-refractivity contribution in [1.29, 1.82) is 5.26 Å². The summed E-state index contributed by atoms with van der Waals surface area (Å²) in [5.74, 6) is 0.342. The molecule has 0 aliphatic carbocycles. The van der Waals surface area contributed by atoms with Gasteiger partial charge in [-0.15, -0.1) is 0 Å². The van der Waals surface area contributed by atoms with Crippen molar-refractivity contribution in [2.45, 2.75) is 24.3 Å². The molecule has 1 aliphatic rings. The standard InChI is InChI=1S/C21H23N5O2S/c1-15-9-12-26(29(27,28)17-5-3-16(13-22)4-6-17)14-20(15)25(2)19-8-11-24-21-18(19)7-10-23-21/h3-8,10-11,15,20H,9,12,14H2,1-2H3,(H,23,24). The smallest absolute Gasteiger partial charge is 0.243 e. The van der Waals surface area contributed by atoms with Crippen LogP contribution in [0.25, 0.3) is 11.0 Å². The van der Waals surface area contributed by atoms with Gasteiger partial charge in [0.05, 0.1) is 16.5 Å². The molecule has 150 valence electrons. The van der Waals surface area contributed by atoms with E-state index in [1.54, 1.807) is 22.6 Å². The Hall–Kier alpha value is -2.89. The van der Waals surface area contributed by atoms with E-state index in [0.29, 0.717) is 24.6 Å². The highest BCUT2D eigenvalue weighted by atomic mass is 32.2. The third-order valence-corrected chi connectivity index (χ3v) is 7.70. The molecule has 1 aromatic carbocycles. The van der Waals surface area contributed by atoms with Crippen LogP contribution in [-0.4, -0.2) is 48.9 Å². The largest absolute Gasteiger partial charge is 0.369 e. The van der Waals surface area contributed by atoms with Crippen LogP contribution in [-0.2, 0) is 10.0 Å². The normalized spacial score (nSPS) is 20.4. The van der Waals surface area contributed by atoms with Gasteiger partial charge in [-0.3, -0.25) is 0 Å². The molecule has 2 unspecified atom stereocenters. The van der Waals surface area contributed by atoms with Crippen molar-refractivity contribution in [1.82, 2.24) is 14.3 Å². The van der Waals surface area contributed by atoms with E-state index in [9.17, 15) is 8.42 Å². The van der Waals surface area contributed by atoms with Gasteiger partial charge >= 0.3 is 0 Å². The van der Waals surface area contributed by atoms with Crippen LogP contribution in [0.1, 0.15) is 18.9 Å². The number of nitriles is 1. The van der Waals surface area contributed by atoms with Gasteiger partial charge in [0.15, 0.2) is 0 Å². The number of nitrogens with zero attached hydrogens (tertiary/aromatic N) is 4. The summed E-state index contributed by atoms with van der Waals surface area (Å²) >= 11 is 0. The van der Waals surface area contributed by atoms with Crippen LogP contribution in [0.3, 0.4) is 0 Å². The molecule has 8 heteroatoms. The quantitative estimate of drug-likeness (QED) is 0.715. The Kier molecular flexibility index (Phi) is 5.03. The molecule has 0 radical (unpaired) electrons. The Morgan fingerprint density at radius 3 is 2.72 bits per heavy atom. The second-order valence-corrected chi connectivity index (χ2v) is 9.45. The van der Waals surface area contributed by atoms with Crippen LogP contribution in [0, 0.1) is 17.2 Å². The Labute approximate surface area is 170 Å². The topological polar surface area (TPSA) is 93.1 Å². The predicted octanol–water partition coefficient (Wildman–Crippen LogP) is 2.97. The molecule has 1 aliphatic heterocycles. The second-order valence-electron chi connectivity index (χ2n) is 7.51. The number of anilines is 1. The highest BCUT2D eigenvalue weighted by molar-refractivity contribution is 7.89. The van der Waals surface area contributed by atoms with Crippen molar-refractivity contribution >= 4 is 26.7 Å². The summed E-state index contributed by atoms with van der Waals surface area (Å²) in [6.45, 7) is 3.07. The third kappa shape index (κ3) is 3.48. The maximum absolute atomic E-state index is 13.2. The minimum Gasteiger partial charge on any atom is -0.369 e. The van der Waals surface area contributed by atoms with E-state index in [4.69, 9.17) is 5.26 Å². The number of rotatable bonds is 4. The number of H-pyrrole nitrogens is 1. The van der Waals surface area contributed by atoms with Crippen LogP contribution in [0.2, 0.25) is 0 Å². The van der Waals surface area contributed by atoms with Crippen molar-refractivity contribution in [3.8, 4) is 6.07 Å². The van der Waals surface area contributed by atoms with Gasteiger partial charge in [-0.05, 0) is 48.7 Å². The summed E-state index contributed by atoms with van der Waals surface area (Å²) in [5.41, 5.74) is 2.30. The average molecular weight is 410 g/mol. The molecule has 3 heterocycles. The molecule has 1 fully saturated rings. The first kappa shape index (κ1) is 19.4. The maximum Gasteiger partial charge on any atom is 0.243 e. The lowest BCUT2D eigenvalue weighted by Crippen LogP contribution is -2.52. The summed E-state index contributed by atoms with van der Waals surface area (Å²) in [4.78, 5) is 9.87. The van der Waals surface area contributed by atoms with Crippen molar-refractivity contribution in [2.75, 3.05) is 25.0 Å². The van der Waals surface area contributed by atoms with Gasteiger partial charge in [0.2, 0.25) is 10.0 Å². The van der Waals surface area contributed by atoms with Gasteiger partial charge in [0.25, 0.3) is 0 Å². The first-order valence-corrected chi connectivity index (χ1v) is 11.0. The van der Waals surface area contributed by atoms with Crippen molar-refractivity contribution < 1.29 is 8.42 Å². The number of pyridine rings is 1. The number of benzene rings is 1. The molecule has 1 N–H and O–H groups in total. The zero-order valence-corrected chi connectivity index (χ0v) is 17.2. The summed E-state index contributed by atoms with van der Waals surface area (Å²) in [6.07, 6.45) is 4.41. The first-order chi connectivity index (χ1) is 13.9. The molecule has 2 atom stereocenters. The zero-order valence-electron chi connectivity index (χ0n) is 16.4. The third-order valence-electron chi connectivity index (χ3n) is 5.82. The number of nitrogens with one attached hydrogen (secondary N) is 1. The summed E-state index contributed by atoms with van der Waals surface area (Å²) in [5, 5.41) is 9.97. The predicted molar refractivity (Wildman–Crippen MR) is 112 cm³/mol. The number of aromatic amines is 1. The van der Waals surface area contributed by atoms with E-state index in [2.05, 4.69) is 21.8 Å². The first-order valence-electron chi connectivity index (χ1n) is 9.57. The molecule has 2 aromatic heterocycles. The minimum absolute atomic E-state index is 0.0393. The Bertz CT molecular complexity index is 1160. The molecule has 0 bridgehead atoms. The monoisotopic (exact) mass is 409 g/mol. The maximum atomic E-state index is 13.2. The second kappa shape index (κ2) is 7.50. The van der Waals surface area contributed by atoms with Crippen LogP contribution < -0.4 is 4.90 Å². The lowest BCUT2D eigenvalue weighted by molar-refractivity contribution is 0.248. The molecule has 29 heavy (non-hydrogen) atoms. The molecule has 0 spiro atoms. The van der Waals surface area contributed by atoms with E-state index >= 15 is 0 Å². The number of sulfonamides is 1. The van der Waals surface area contributed by atoms with E-state index < -0.39 is 10.0 Å². The van der Waals surface area contributed by atoms with E-state index in [-0.39, 0.29) is 10.9 Å². The minimum atomic E-state index is -3.61. The summed E-state index contributed by atoms with van der Waals surface area (Å²) < 4.78 is 27.9. The van der Waals surface area contributed by atoms with Gasteiger partial charge in [-0.25, -0.2) is 13.4 Å². The Morgan fingerprint density at radius 2 is 2.00 bits per heavy atom. The number of hydrogen-bond acceptors (Lipinski definition) is 5. The molecule has 0 amide bonds. The van der Waals surface area contributed by atoms with Crippen molar-refractivity contribution in [3.63, 3.8) is 0 Å². The molecular formula is C21H23N5O2S. The van der Waals surface area contributed by atoms with Gasteiger partial charge in [0, 0.05) is 49.6 Å². The zero-order chi connectivity index (χ0) is 20.6. The number of hydrogen-bond donors (Lipinski definition) is 1. The highest BCUT2D eigenvalue weighted by Crippen LogP contribution is 2.32. The van der Waals surface area contributed by atoms with Crippen LogP contribution in [0.5, 0.6) is 0 Å². The van der Waals surface area contributed by atoms with Gasteiger partial charge < -0.3 is 9.88 Å². The van der Waals surface area contributed by atoms with Crippen LogP contribution in [0.15, 0.2) is 53.7 Å². The van der Waals surface area contributed by atoms with Gasteiger partial charge in [-0.1, -0.05) is 6.92 Å². The SMILES string of the molecule is CC1CCN(S(=O)(=O)c2ccc(C#N)cc2)CC1N(C)c1ccnc2[nH]ccc12. The lowest BCUT2D eigenvalue weighted by Gasteiger charge is -2.42. The van der Waals surface area contributed by atoms with Crippen LogP contribution in [0.4, 0.5) is 5.69 Å². The average Bonchev–Trinajstić information content (AvgIpc) is 3.22. The fraction of sp³-hybridized carbons (Fsp3) is 0.333. The Morgan fingerprint density at radius 1 is 1.24 bits per heavy atom. The number of likely N-dealkylation sites (N-methyl/N-ethyl adjacent to an activating group) is 1. The van der Waals surface area contributed by atoms with Crippen molar-refractivity contribution in [3.05, 3.63) is 54.4 Å². The van der Waals surface area contributed by atoms with Gasteiger partial charge in [0.1, 0.15) is 5.65 Å². The molecule has 3 aromatic rings.